The zero-order valence-corrected chi connectivity index (χ0v) is 10.1. The van der Waals surface area contributed by atoms with Crippen molar-refractivity contribution < 1.29 is 18.3 Å². The molecule has 1 aromatic carbocycles. The first-order chi connectivity index (χ1) is 9.60. The lowest BCUT2D eigenvalue weighted by Gasteiger charge is -2.09. The first kappa shape index (κ1) is 13.7. The second-order valence-electron chi connectivity index (χ2n) is 3.67. The van der Waals surface area contributed by atoms with E-state index in [4.69, 9.17) is 5.73 Å². The Kier molecular flexibility index (Phi) is 4.04. The average molecular weight is 280 g/mol. The SMILES string of the molecule is Nc1ncnc(Nc2ccc(OC(F)F)cc2)c1C=O. The molecule has 0 radical (unpaired) electrons. The maximum absolute atomic E-state index is 12.0. The first-order valence-electron chi connectivity index (χ1n) is 5.47. The van der Waals surface area contributed by atoms with Crippen molar-refractivity contribution in [3.63, 3.8) is 0 Å². The van der Waals surface area contributed by atoms with Gasteiger partial charge in [0.15, 0.2) is 6.29 Å². The van der Waals surface area contributed by atoms with E-state index in [1.54, 1.807) is 0 Å². The van der Waals surface area contributed by atoms with Gasteiger partial charge < -0.3 is 15.8 Å². The topological polar surface area (TPSA) is 90.1 Å². The molecule has 0 atom stereocenters. The molecule has 0 saturated heterocycles. The Bertz CT molecular complexity index is 605. The summed E-state index contributed by atoms with van der Waals surface area (Å²) in [5.41, 5.74) is 6.20. The van der Waals surface area contributed by atoms with Gasteiger partial charge in [0.25, 0.3) is 0 Å². The summed E-state index contributed by atoms with van der Waals surface area (Å²) in [7, 11) is 0. The van der Waals surface area contributed by atoms with Crippen molar-refractivity contribution in [3.05, 3.63) is 36.2 Å². The molecular formula is C12H10F2N4O2. The molecule has 0 aliphatic heterocycles. The molecule has 0 fully saturated rings. The van der Waals surface area contributed by atoms with E-state index in [0.717, 1.165) is 0 Å². The van der Waals surface area contributed by atoms with Crippen LogP contribution >= 0.6 is 0 Å². The van der Waals surface area contributed by atoms with Crippen LogP contribution in [0.5, 0.6) is 5.75 Å². The number of nitrogens with one attached hydrogen (secondary N) is 1. The largest absolute Gasteiger partial charge is 0.435 e. The van der Waals surface area contributed by atoms with E-state index in [1.165, 1.54) is 30.6 Å². The van der Waals surface area contributed by atoms with Crippen LogP contribution in [0.15, 0.2) is 30.6 Å². The first-order valence-corrected chi connectivity index (χ1v) is 5.47. The molecule has 20 heavy (non-hydrogen) atoms. The van der Waals surface area contributed by atoms with Crippen LogP contribution in [-0.4, -0.2) is 22.9 Å². The monoisotopic (exact) mass is 280 g/mol. The molecule has 104 valence electrons. The number of aromatic nitrogens is 2. The van der Waals surface area contributed by atoms with Crippen LogP contribution < -0.4 is 15.8 Å². The van der Waals surface area contributed by atoms with Gasteiger partial charge in [0.05, 0.1) is 5.56 Å². The Balaban J connectivity index is 2.18. The predicted octanol–water partition coefficient (Wildman–Crippen LogP) is 2.22. The molecule has 0 saturated carbocycles. The van der Waals surface area contributed by atoms with Crippen molar-refractivity contribution in [2.24, 2.45) is 0 Å². The summed E-state index contributed by atoms with van der Waals surface area (Å²) in [5, 5.41) is 2.84. The van der Waals surface area contributed by atoms with E-state index >= 15 is 0 Å². The number of benzene rings is 1. The van der Waals surface area contributed by atoms with Crippen LogP contribution in [0.3, 0.4) is 0 Å². The summed E-state index contributed by atoms with van der Waals surface area (Å²) >= 11 is 0. The van der Waals surface area contributed by atoms with Gasteiger partial charge in [-0.25, -0.2) is 9.97 Å². The van der Waals surface area contributed by atoms with Gasteiger partial charge in [0, 0.05) is 5.69 Å². The summed E-state index contributed by atoms with van der Waals surface area (Å²) in [4.78, 5) is 18.5. The maximum atomic E-state index is 12.0. The van der Waals surface area contributed by atoms with Crippen molar-refractivity contribution >= 4 is 23.6 Å². The molecule has 0 aliphatic rings. The second kappa shape index (κ2) is 5.91. The quantitative estimate of drug-likeness (QED) is 0.816. The summed E-state index contributed by atoms with van der Waals surface area (Å²) in [5.74, 6) is 0.313. The fraction of sp³-hybridized carbons (Fsp3) is 0.0833. The molecule has 1 aromatic heterocycles. The lowest BCUT2D eigenvalue weighted by Crippen LogP contribution is -2.05. The molecule has 6 nitrogen and oxygen atoms in total. The highest BCUT2D eigenvalue weighted by atomic mass is 19.3. The fourth-order valence-electron chi connectivity index (χ4n) is 1.48. The van der Waals surface area contributed by atoms with E-state index < -0.39 is 6.61 Å². The minimum absolute atomic E-state index is 0.0309. The number of nitrogen functional groups attached to an aromatic ring is 1. The molecular weight excluding hydrogens is 270 g/mol. The summed E-state index contributed by atoms with van der Waals surface area (Å²) in [6, 6.07) is 5.73. The minimum atomic E-state index is -2.88. The third-order valence-electron chi connectivity index (χ3n) is 2.37. The predicted molar refractivity (Wildman–Crippen MR) is 68.2 cm³/mol. The summed E-state index contributed by atoms with van der Waals surface area (Å²) in [6.45, 7) is -2.88. The number of halogens is 2. The van der Waals surface area contributed by atoms with Crippen LogP contribution in [0.4, 0.5) is 26.1 Å². The van der Waals surface area contributed by atoms with Crippen molar-refractivity contribution in [2.45, 2.75) is 6.61 Å². The third kappa shape index (κ3) is 3.16. The zero-order valence-electron chi connectivity index (χ0n) is 10.1. The molecule has 3 N–H and O–H groups in total. The molecule has 1 heterocycles. The van der Waals surface area contributed by atoms with Gasteiger partial charge in [0.1, 0.15) is 23.7 Å². The molecule has 2 aromatic rings. The standard InChI is InChI=1S/C12H10F2N4O2/c13-12(14)20-8-3-1-7(2-4-8)18-11-9(5-19)10(15)16-6-17-11/h1-6,12H,(H3,15,16,17,18). The van der Waals surface area contributed by atoms with Crippen molar-refractivity contribution in [1.82, 2.24) is 9.97 Å². The molecule has 0 unspecified atom stereocenters. The highest BCUT2D eigenvalue weighted by Crippen LogP contribution is 2.22. The highest BCUT2D eigenvalue weighted by Gasteiger charge is 2.09. The Morgan fingerprint density at radius 2 is 1.95 bits per heavy atom. The smallest absolute Gasteiger partial charge is 0.387 e. The Morgan fingerprint density at radius 1 is 1.25 bits per heavy atom. The highest BCUT2D eigenvalue weighted by molar-refractivity contribution is 5.89. The lowest BCUT2D eigenvalue weighted by atomic mass is 10.2. The average Bonchev–Trinajstić information content (AvgIpc) is 2.41. The van der Waals surface area contributed by atoms with Gasteiger partial charge in [-0.15, -0.1) is 0 Å². The van der Waals surface area contributed by atoms with E-state index in [9.17, 15) is 13.6 Å². The van der Waals surface area contributed by atoms with Gasteiger partial charge in [-0.2, -0.15) is 8.78 Å². The number of aldehydes is 1. The van der Waals surface area contributed by atoms with Gasteiger partial charge in [-0.1, -0.05) is 0 Å². The summed E-state index contributed by atoms with van der Waals surface area (Å²) in [6.07, 6.45) is 1.74. The van der Waals surface area contributed by atoms with Gasteiger partial charge in [-0.05, 0) is 24.3 Å². The molecule has 8 heteroatoms. The number of carbonyl (C=O) groups is 1. The lowest BCUT2D eigenvalue weighted by molar-refractivity contribution is -0.0498. The van der Waals surface area contributed by atoms with E-state index in [-0.39, 0.29) is 22.9 Å². The number of carbonyl (C=O) groups excluding carboxylic acids is 1. The molecule has 0 aliphatic carbocycles. The zero-order chi connectivity index (χ0) is 14.5. The Hall–Kier alpha value is -2.77. The molecule has 0 spiro atoms. The number of hydrogen-bond donors (Lipinski definition) is 2. The number of ether oxygens (including phenoxy) is 1. The fourth-order valence-corrected chi connectivity index (χ4v) is 1.48. The van der Waals surface area contributed by atoms with E-state index in [0.29, 0.717) is 12.0 Å². The van der Waals surface area contributed by atoms with Gasteiger partial charge in [0.2, 0.25) is 0 Å². The molecule has 0 amide bonds. The number of nitrogens with two attached hydrogens (primary N) is 1. The number of rotatable bonds is 5. The maximum Gasteiger partial charge on any atom is 0.387 e. The Labute approximate surface area is 112 Å². The molecule has 0 bridgehead atoms. The number of alkyl halides is 2. The van der Waals surface area contributed by atoms with Crippen molar-refractivity contribution in [1.29, 1.82) is 0 Å². The van der Waals surface area contributed by atoms with Gasteiger partial charge in [-0.3, -0.25) is 4.79 Å². The van der Waals surface area contributed by atoms with Gasteiger partial charge >= 0.3 is 6.61 Å². The van der Waals surface area contributed by atoms with Crippen LogP contribution in [-0.2, 0) is 0 Å². The number of hydrogen-bond acceptors (Lipinski definition) is 6. The van der Waals surface area contributed by atoms with E-state index in [2.05, 4.69) is 20.0 Å². The van der Waals surface area contributed by atoms with Crippen molar-refractivity contribution in [2.75, 3.05) is 11.1 Å². The summed E-state index contributed by atoms with van der Waals surface area (Å²) < 4.78 is 28.2. The van der Waals surface area contributed by atoms with Crippen LogP contribution in [0.1, 0.15) is 10.4 Å². The van der Waals surface area contributed by atoms with E-state index in [1.807, 2.05) is 0 Å². The molecule has 2 rings (SSSR count). The number of nitrogens with zero attached hydrogens (tertiary/aromatic N) is 2. The van der Waals surface area contributed by atoms with Crippen molar-refractivity contribution in [3.8, 4) is 5.75 Å². The van der Waals surface area contributed by atoms with Crippen LogP contribution in [0.2, 0.25) is 0 Å². The third-order valence-corrected chi connectivity index (χ3v) is 2.37. The minimum Gasteiger partial charge on any atom is -0.435 e. The normalized spacial score (nSPS) is 10.3. The second-order valence-corrected chi connectivity index (χ2v) is 3.67. The van der Waals surface area contributed by atoms with Crippen LogP contribution in [0, 0.1) is 0 Å². The Morgan fingerprint density at radius 3 is 2.55 bits per heavy atom. The van der Waals surface area contributed by atoms with Crippen LogP contribution in [0.25, 0.3) is 0 Å². The number of anilines is 3.